The van der Waals surface area contributed by atoms with Gasteiger partial charge in [0.05, 0.1) is 6.04 Å². The average molecular weight is 299 g/mol. The average Bonchev–Trinajstić information content (AvgIpc) is 2.98. The maximum Gasteiger partial charge on any atom is 0.204 e. The van der Waals surface area contributed by atoms with Crippen molar-refractivity contribution in [2.24, 2.45) is 0 Å². The van der Waals surface area contributed by atoms with Crippen molar-refractivity contribution in [2.45, 2.75) is 19.9 Å². The first-order chi connectivity index (χ1) is 10.1. The number of rotatable bonds is 3. The normalized spacial score (nSPS) is 12.3. The van der Waals surface area contributed by atoms with Crippen LogP contribution in [0.25, 0.3) is 11.4 Å². The highest BCUT2D eigenvalue weighted by molar-refractivity contribution is 6.31. The first-order valence-electron chi connectivity index (χ1n) is 6.76. The summed E-state index contributed by atoms with van der Waals surface area (Å²) in [4.78, 5) is 1.59. The number of aromatic nitrogens is 4. The van der Waals surface area contributed by atoms with E-state index in [0.29, 0.717) is 10.8 Å². The highest BCUT2D eigenvalue weighted by atomic mass is 35.5. The zero-order valence-corrected chi connectivity index (χ0v) is 12.6. The van der Waals surface area contributed by atoms with Crippen LogP contribution >= 0.6 is 11.6 Å². The molecule has 0 saturated heterocycles. The molecule has 0 fully saturated rings. The third kappa shape index (κ3) is 2.81. The van der Waals surface area contributed by atoms with Gasteiger partial charge in [0.15, 0.2) is 0 Å². The van der Waals surface area contributed by atoms with E-state index >= 15 is 0 Å². The van der Waals surface area contributed by atoms with Crippen LogP contribution in [0, 0.1) is 6.92 Å². The molecule has 1 aromatic heterocycles. The Kier molecular flexibility index (Phi) is 3.71. The van der Waals surface area contributed by atoms with E-state index in [2.05, 4.69) is 15.4 Å². The molecule has 1 unspecified atom stereocenters. The van der Waals surface area contributed by atoms with Gasteiger partial charge in [-0.05, 0) is 30.7 Å². The third-order valence-corrected chi connectivity index (χ3v) is 3.78. The molecule has 1 heterocycles. The van der Waals surface area contributed by atoms with Crippen LogP contribution in [0.5, 0.6) is 0 Å². The van der Waals surface area contributed by atoms with Crippen LogP contribution < -0.4 is 0 Å². The lowest BCUT2D eigenvalue weighted by atomic mass is 10.1. The largest absolute Gasteiger partial charge is 0.204 e. The SMILES string of the molecule is Cc1ccc(-c2nnn(C(C)c3ccccc3Cl)n2)cc1. The molecule has 3 rings (SSSR count). The van der Waals surface area contributed by atoms with Gasteiger partial charge in [-0.15, -0.1) is 10.2 Å². The standard InChI is InChI=1S/C16H15ClN4/c1-11-7-9-13(10-8-11)16-18-20-21(19-16)12(2)14-5-3-4-6-15(14)17/h3-10,12H,1-2H3. The number of nitrogens with zero attached hydrogens (tertiary/aromatic N) is 4. The molecule has 0 aliphatic carbocycles. The van der Waals surface area contributed by atoms with Crippen LogP contribution in [0.2, 0.25) is 5.02 Å². The molecule has 106 valence electrons. The molecular weight excluding hydrogens is 284 g/mol. The second-order valence-electron chi connectivity index (χ2n) is 5.00. The zero-order valence-electron chi connectivity index (χ0n) is 11.9. The highest BCUT2D eigenvalue weighted by Crippen LogP contribution is 2.25. The van der Waals surface area contributed by atoms with Crippen molar-refractivity contribution in [3.05, 3.63) is 64.7 Å². The fourth-order valence-electron chi connectivity index (χ4n) is 2.15. The number of hydrogen-bond donors (Lipinski definition) is 0. The molecule has 0 radical (unpaired) electrons. The van der Waals surface area contributed by atoms with E-state index in [0.717, 1.165) is 11.1 Å². The molecule has 0 N–H and O–H groups in total. The van der Waals surface area contributed by atoms with Crippen molar-refractivity contribution in [3.8, 4) is 11.4 Å². The van der Waals surface area contributed by atoms with Crippen LogP contribution in [0.15, 0.2) is 48.5 Å². The minimum absolute atomic E-state index is 0.0644. The summed E-state index contributed by atoms with van der Waals surface area (Å²) in [5, 5.41) is 13.5. The van der Waals surface area contributed by atoms with Gasteiger partial charge in [-0.3, -0.25) is 0 Å². The number of benzene rings is 2. The predicted octanol–water partition coefficient (Wildman–Crippen LogP) is 3.91. The van der Waals surface area contributed by atoms with Crippen LogP contribution in [0.4, 0.5) is 0 Å². The van der Waals surface area contributed by atoms with Crippen LogP contribution in [0.1, 0.15) is 24.1 Å². The van der Waals surface area contributed by atoms with Gasteiger partial charge in [0, 0.05) is 10.6 Å². The quantitative estimate of drug-likeness (QED) is 0.736. The van der Waals surface area contributed by atoms with Crippen molar-refractivity contribution in [1.82, 2.24) is 20.2 Å². The van der Waals surface area contributed by atoms with E-state index in [-0.39, 0.29) is 6.04 Å². The molecule has 3 aromatic rings. The molecule has 1 atom stereocenters. The molecule has 4 nitrogen and oxygen atoms in total. The van der Waals surface area contributed by atoms with Gasteiger partial charge in [-0.25, -0.2) is 0 Å². The molecule has 0 amide bonds. The van der Waals surface area contributed by atoms with Crippen molar-refractivity contribution in [3.63, 3.8) is 0 Å². The van der Waals surface area contributed by atoms with E-state index in [1.54, 1.807) is 4.80 Å². The second kappa shape index (κ2) is 5.66. The van der Waals surface area contributed by atoms with Crippen molar-refractivity contribution in [2.75, 3.05) is 0 Å². The molecule has 0 bridgehead atoms. The predicted molar refractivity (Wildman–Crippen MR) is 83.3 cm³/mol. The van der Waals surface area contributed by atoms with Crippen LogP contribution in [-0.2, 0) is 0 Å². The summed E-state index contributed by atoms with van der Waals surface area (Å²) in [5.74, 6) is 0.619. The molecular formula is C16H15ClN4. The Labute approximate surface area is 128 Å². The van der Waals surface area contributed by atoms with Gasteiger partial charge >= 0.3 is 0 Å². The van der Waals surface area contributed by atoms with E-state index < -0.39 is 0 Å². The highest BCUT2D eigenvalue weighted by Gasteiger charge is 2.15. The maximum atomic E-state index is 6.22. The summed E-state index contributed by atoms with van der Waals surface area (Å²) in [6.45, 7) is 4.05. The Morgan fingerprint density at radius 3 is 2.48 bits per heavy atom. The molecule has 2 aromatic carbocycles. The van der Waals surface area contributed by atoms with Gasteiger partial charge < -0.3 is 0 Å². The van der Waals surface area contributed by atoms with Crippen molar-refractivity contribution >= 4 is 11.6 Å². The Balaban J connectivity index is 1.91. The van der Waals surface area contributed by atoms with Gasteiger partial charge in [0.25, 0.3) is 0 Å². The molecule has 0 saturated carbocycles. The Morgan fingerprint density at radius 2 is 1.76 bits per heavy atom. The molecule has 0 spiro atoms. The van der Waals surface area contributed by atoms with E-state index in [9.17, 15) is 0 Å². The zero-order chi connectivity index (χ0) is 14.8. The van der Waals surface area contributed by atoms with E-state index in [1.165, 1.54) is 5.56 Å². The van der Waals surface area contributed by atoms with Gasteiger partial charge in [0.1, 0.15) is 0 Å². The first kappa shape index (κ1) is 13.8. The number of tetrazole rings is 1. The number of hydrogen-bond acceptors (Lipinski definition) is 3. The summed E-state index contributed by atoms with van der Waals surface area (Å²) < 4.78 is 0. The molecule has 0 aliphatic rings. The minimum atomic E-state index is -0.0644. The monoisotopic (exact) mass is 298 g/mol. The summed E-state index contributed by atoms with van der Waals surface area (Å²) in [6, 6.07) is 15.7. The van der Waals surface area contributed by atoms with Gasteiger partial charge in [0.2, 0.25) is 5.82 Å². The van der Waals surface area contributed by atoms with Crippen LogP contribution in [-0.4, -0.2) is 20.2 Å². The van der Waals surface area contributed by atoms with Crippen LogP contribution in [0.3, 0.4) is 0 Å². The molecule has 5 heteroatoms. The summed E-state index contributed by atoms with van der Waals surface area (Å²) >= 11 is 6.22. The summed E-state index contributed by atoms with van der Waals surface area (Å²) in [7, 11) is 0. The number of aryl methyl sites for hydroxylation is 1. The van der Waals surface area contributed by atoms with E-state index in [4.69, 9.17) is 11.6 Å². The Bertz CT molecular complexity index is 749. The maximum absolute atomic E-state index is 6.22. The smallest absolute Gasteiger partial charge is 0.156 e. The molecule has 0 aliphatic heterocycles. The first-order valence-corrected chi connectivity index (χ1v) is 7.14. The fourth-order valence-corrected chi connectivity index (χ4v) is 2.44. The number of halogens is 1. The topological polar surface area (TPSA) is 43.6 Å². The third-order valence-electron chi connectivity index (χ3n) is 3.44. The lowest BCUT2D eigenvalue weighted by Crippen LogP contribution is -2.11. The lowest BCUT2D eigenvalue weighted by molar-refractivity contribution is 0.481. The lowest BCUT2D eigenvalue weighted by Gasteiger charge is -2.11. The molecule has 21 heavy (non-hydrogen) atoms. The summed E-state index contributed by atoms with van der Waals surface area (Å²) in [6.07, 6.45) is 0. The second-order valence-corrected chi connectivity index (χ2v) is 5.40. The van der Waals surface area contributed by atoms with Gasteiger partial charge in [-0.1, -0.05) is 59.6 Å². The van der Waals surface area contributed by atoms with Crippen molar-refractivity contribution in [1.29, 1.82) is 0 Å². The fraction of sp³-hybridized carbons (Fsp3) is 0.188. The summed E-state index contributed by atoms with van der Waals surface area (Å²) in [5.41, 5.74) is 3.14. The van der Waals surface area contributed by atoms with Gasteiger partial charge in [-0.2, -0.15) is 4.80 Å². The van der Waals surface area contributed by atoms with E-state index in [1.807, 2.05) is 62.4 Å². The van der Waals surface area contributed by atoms with Crippen molar-refractivity contribution < 1.29 is 0 Å². The Hall–Kier alpha value is -2.20. The Morgan fingerprint density at radius 1 is 1.05 bits per heavy atom. The minimum Gasteiger partial charge on any atom is -0.156 e.